The van der Waals surface area contributed by atoms with Crippen molar-refractivity contribution in [3.05, 3.63) is 58.6 Å². The molecule has 0 radical (unpaired) electrons. The predicted molar refractivity (Wildman–Crippen MR) is 105 cm³/mol. The first-order chi connectivity index (χ1) is 12.6. The summed E-state index contributed by atoms with van der Waals surface area (Å²) in [6, 6.07) is 14.3. The first kappa shape index (κ1) is 18.4. The van der Waals surface area contributed by atoms with Gasteiger partial charge in [0.15, 0.2) is 17.5 Å². The largest absolute Gasteiger partial charge is 0.493 e. The molecule has 0 heterocycles. The van der Waals surface area contributed by atoms with Gasteiger partial charge in [-0.05, 0) is 41.8 Å². The van der Waals surface area contributed by atoms with Gasteiger partial charge in [-0.15, -0.1) is 0 Å². The Morgan fingerprint density at radius 1 is 1.15 bits per heavy atom. The summed E-state index contributed by atoms with van der Waals surface area (Å²) >= 11 is 6.09. The van der Waals surface area contributed by atoms with Gasteiger partial charge >= 0.3 is 0 Å². The van der Waals surface area contributed by atoms with Gasteiger partial charge in [0.05, 0.1) is 14.2 Å². The zero-order valence-electron chi connectivity index (χ0n) is 15.3. The Balaban J connectivity index is 1.55. The minimum absolute atomic E-state index is 0.380. The summed E-state index contributed by atoms with van der Waals surface area (Å²) in [5.41, 5.74) is 2.36. The van der Waals surface area contributed by atoms with Crippen LogP contribution in [0.25, 0.3) is 0 Å². The highest BCUT2D eigenvalue weighted by Gasteiger charge is 2.39. The Kier molecular flexibility index (Phi) is 5.89. The molecule has 2 aromatic carbocycles. The number of hydrogen-bond donors (Lipinski definition) is 2. The molecule has 2 aromatic rings. The maximum absolute atomic E-state index is 6.09. The third-order valence-electron chi connectivity index (χ3n) is 4.52. The van der Waals surface area contributed by atoms with Crippen molar-refractivity contribution in [1.29, 1.82) is 0 Å². The van der Waals surface area contributed by atoms with E-state index in [9.17, 15) is 0 Å². The van der Waals surface area contributed by atoms with Gasteiger partial charge in [0.1, 0.15) is 0 Å². The molecule has 5 nitrogen and oxygen atoms in total. The molecule has 0 bridgehead atoms. The van der Waals surface area contributed by atoms with Crippen molar-refractivity contribution in [3.63, 3.8) is 0 Å². The molecule has 0 amide bonds. The maximum Gasteiger partial charge on any atom is 0.191 e. The van der Waals surface area contributed by atoms with Crippen LogP contribution in [-0.2, 0) is 6.54 Å². The third-order valence-corrected chi connectivity index (χ3v) is 4.76. The summed E-state index contributed by atoms with van der Waals surface area (Å²) in [6.07, 6.45) is 1.08. The molecule has 3 rings (SSSR count). The first-order valence-corrected chi connectivity index (χ1v) is 8.96. The molecule has 6 heteroatoms. The van der Waals surface area contributed by atoms with E-state index in [1.807, 2.05) is 36.4 Å². The minimum atomic E-state index is 0.380. The highest BCUT2D eigenvalue weighted by molar-refractivity contribution is 6.30. The lowest BCUT2D eigenvalue weighted by Crippen LogP contribution is -2.38. The number of guanidine groups is 1. The summed E-state index contributed by atoms with van der Waals surface area (Å²) in [4.78, 5) is 4.32. The molecule has 0 saturated heterocycles. The topological polar surface area (TPSA) is 54.9 Å². The van der Waals surface area contributed by atoms with Crippen molar-refractivity contribution < 1.29 is 9.47 Å². The van der Waals surface area contributed by atoms with E-state index in [-0.39, 0.29) is 0 Å². The Morgan fingerprint density at radius 2 is 1.96 bits per heavy atom. The fraction of sp³-hybridized carbons (Fsp3) is 0.350. The van der Waals surface area contributed by atoms with Crippen LogP contribution in [0.3, 0.4) is 0 Å². The Morgan fingerprint density at radius 3 is 2.65 bits per heavy atom. The highest BCUT2D eigenvalue weighted by Crippen LogP contribution is 2.41. The van der Waals surface area contributed by atoms with Crippen LogP contribution in [0.4, 0.5) is 0 Å². The fourth-order valence-corrected chi connectivity index (χ4v) is 3.21. The van der Waals surface area contributed by atoms with Crippen molar-refractivity contribution >= 4 is 17.6 Å². The van der Waals surface area contributed by atoms with Gasteiger partial charge in [-0.2, -0.15) is 0 Å². The SMILES string of the molecule is CN=C(NCc1ccc(OC)c(OC)c1)NC1CC1c1cccc(Cl)c1. The van der Waals surface area contributed by atoms with E-state index in [2.05, 4.69) is 21.7 Å². The monoisotopic (exact) mass is 373 g/mol. The molecule has 2 N–H and O–H groups in total. The molecular formula is C20H24ClN3O2. The fourth-order valence-electron chi connectivity index (χ4n) is 3.01. The molecule has 0 spiro atoms. The quantitative estimate of drug-likeness (QED) is 0.600. The standard InChI is InChI=1S/C20H24ClN3O2/c1-22-20(23-12-13-7-8-18(25-2)19(9-13)26-3)24-17-11-16(17)14-5-4-6-15(21)10-14/h4-10,16-17H,11-12H2,1-3H3,(H2,22,23,24). The van der Waals surface area contributed by atoms with E-state index in [4.69, 9.17) is 21.1 Å². The molecule has 0 aromatic heterocycles. The molecule has 138 valence electrons. The summed E-state index contributed by atoms with van der Waals surface area (Å²) in [6.45, 7) is 0.647. The number of benzene rings is 2. The summed E-state index contributed by atoms with van der Waals surface area (Å²) in [5.74, 6) is 2.71. The number of methoxy groups -OCH3 is 2. The van der Waals surface area contributed by atoms with Gasteiger partial charge in [0.25, 0.3) is 0 Å². The van der Waals surface area contributed by atoms with Gasteiger partial charge in [-0.25, -0.2) is 0 Å². The van der Waals surface area contributed by atoms with Gasteiger partial charge in [-0.1, -0.05) is 29.8 Å². The second-order valence-corrected chi connectivity index (χ2v) is 6.70. The summed E-state index contributed by atoms with van der Waals surface area (Å²) in [7, 11) is 5.05. The van der Waals surface area contributed by atoms with Gasteiger partial charge in [0, 0.05) is 30.6 Å². The van der Waals surface area contributed by atoms with E-state index in [0.29, 0.717) is 18.5 Å². The lowest BCUT2D eigenvalue weighted by Gasteiger charge is -2.13. The van der Waals surface area contributed by atoms with Crippen LogP contribution >= 0.6 is 11.6 Å². The zero-order chi connectivity index (χ0) is 18.5. The number of ether oxygens (including phenoxy) is 2. The van der Waals surface area contributed by atoms with E-state index >= 15 is 0 Å². The van der Waals surface area contributed by atoms with Crippen molar-refractivity contribution in [2.24, 2.45) is 4.99 Å². The van der Waals surface area contributed by atoms with Gasteiger partial charge in [0.2, 0.25) is 0 Å². The van der Waals surface area contributed by atoms with Crippen LogP contribution in [0, 0.1) is 0 Å². The number of nitrogens with one attached hydrogen (secondary N) is 2. The normalized spacial score (nSPS) is 19.0. The molecule has 1 aliphatic rings. The van der Waals surface area contributed by atoms with Crippen molar-refractivity contribution in [1.82, 2.24) is 10.6 Å². The second kappa shape index (κ2) is 8.32. The van der Waals surface area contributed by atoms with E-state index < -0.39 is 0 Å². The molecule has 1 fully saturated rings. The predicted octanol–water partition coefficient (Wildman–Crippen LogP) is 3.58. The van der Waals surface area contributed by atoms with Gasteiger partial charge in [-0.3, -0.25) is 4.99 Å². The lowest BCUT2D eigenvalue weighted by molar-refractivity contribution is 0.354. The molecular weight excluding hydrogens is 350 g/mol. The highest BCUT2D eigenvalue weighted by atomic mass is 35.5. The van der Waals surface area contributed by atoms with Crippen molar-refractivity contribution in [3.8, 4) is 11.5 Å². The Labute approximate surface area is 159 Å². The smallest absolute Gasteiger partial charge is 0.191 e. The van der Waals surface area contributed by atoms with Crippen LogP contribution < -0.4 is 20.1 Å². The van der Waals surface area contributed by atoms with Crippen LogP contribution in [-0.4, -0.2) is 33.3 Å². The second-order valence-electron chi connectivity index (χ2n) is 6.26. The van der Waals surface area contributed by atoms with Gasteiger partial charge < -0.3 is 20.1 Å². The molecule has 2 atom stereocenters. The Bertz CT molecular complexity index is 794. The summed E-state index contributed by atoms with van der Waals surface area (Å²) in [5, 5.41) is 7.60. The third kappa shape index (κ3) is 4.41. The van der Waals surface area contributed by atoms with E-state index in [1.54, 1.807) is 21.3 Å². The van der Waals surface area contributed by atoms with E-state index in [1.165, 1.54) is 5.56 Å². The number of hydrogen-bond acceptors (Lipinski definition) is 3. The Hall–Kier alpha value is -2.40. The maximum atomic E-state index is 6.09. The van der Waals surface area contributed by atoms with Crippen molar-refractivity contribution in [2.45, 2.75) is 24.9 Å². The summed E-state index contributed by atoms with van der Waals surface area (Å²) < 4.78 is 10.6. The van der Waals surface area contributed by atoms with Crippen LogP contribution in [0.2, 0.25) is 5.02 Å². The molecule has 1 aliphatic carbocycles. The van der Waals surface area contributed by atoms with Crippen LogP contribution in [0.1, 0.15) is 23.5 Å². The number of halogens is 1. The molecule has 0 aliphatic heterocycles. The minimum Gasteiger partial charge on any atom is -0.493 e. The number of rotatable bonds is 6. The number of aliphatic imine (C=N–C) groups is 1. The van der Waals surface area contributed by atoms with Crippen LogP contribution in [0.15, 0.2) is 47.5 Å². The molecule has 26 heavy (non-hydrogen) atoms. The van der Waals surface area contributed by atoms with Crippen LogP contribution in [0.5, 0.6) is 11.5 Å². The number of nitrogens with zero attached hydrogens (tertiary/aromatic N) is 1. The van der Waals surface area contributed by atoms with Crippen molar-refractivity contribution in [2.75, 3.05) is 21.3 Å². The lowest BCUT2D eigenvalue weighted by atomic mass is 10.1. The van der Waals surface area contributed by atoms with E-state index in [0.717, 1.165) is 34.5 Å². The zero-order valence-corrected chi connectivity index (χ0v) is 16.0. The molecule has 1 saturated carbocycles. The molecule has 2 unspecified atom stereocenters. The average molecular weight is 374 g/mol. The average Bonchev–Trinajstić information content (AvgIpc) is 3.44. The first-order valence-electron chi connectivity index (χ1n) is 8.58.